The van der Waals surface area contributed by atoms with Crippen molar-refractivity contribution in [3.8, 4) is 0 Å². The van der Waals surface area contributed by atoms with Crippen LogP contribution < -0.4 is 0 Å². The first-order valence-electron chi connectivity index (χ1n) is 6.65. The van der Waals surface area contributed by atoms with Crippen LogP contribution in [0.5, 0.6) is 0 Å². The van der Waals surface area contributed by atoms with Gasteiger partial charge in [0.05, 0.1) is 6.42 Å². The van der Waals surface area contributed by atoms with Gasteiger partial charge in [-0.2, -0.15) is 0 Å². The first-order valence-corrected chi connectivity index (χ1v) is 6.65. The van der Waals surface area contributed by atoms with Gasteiger partial charge in [0, 0.05) is 5.92 Å². The lowest BCUT2D eigenvalue weighted by Crippen LogP contribution is -2.31. The summed E-state index contributed by atoms with van der Waals surface area (Å²) in [7, 11) is 0. The molecule has 0 heterocycles. The van der Waals surface area contributed by atoms with E-state index in [0.29, 0.717) is 12.8 Å². The first-order chi connectivity index (χ1) is 9.54. The smallest absolute Gasteiger partial charge is 0.332 e. The molecule has 2 N–H and O–H groups in total. The fourth-order valence-corrected chi connectivity index (χ4v) is 1.96. The molecule has 0 aliphatic rings. The number of ether oxygens (including phenoxy) is 1. The number of rotatable bonds is 8. The summed E-state index contributed by atoms with van der Waals surface area (Å²) in [6.45, 7) is 2.03. The molecule has 5 heteroatoms. The number of carboxylic acid groups (broad SMARTS) is 1. The van der Waals surface area contributed by atoms with Crippen LogP contribution in [0.4, 0.5) is 0 Å². The van der Waals surface area contributed by atoms with Gasteiger partial charge in [0.25, 0.3) is 0 Å². The molecule has 0 bridgehead atoms. The summed E-state index contributed by atoms with van der Waals surface area (Å²) in [5.41, 5.74) is 0.867. The number of esters is 1. The molecule has 20 heavy (non-hydrogen) atoms. The van der Waals surface area contributed by atoms with Gasteiger partial charge >= 0.3 is 11.9 Å². The maximum atomic E-state index is 11.7. The summed E-state index contributed by atoms with van der Waals surface area (Å²) in [6.07, 6.45) is -0.456. The quantitative estimate of drug-likeness (QED) is 0.711. The lowest BCUT2D eigenvalue weighted by molar-refractivity contribution is -0.153. The van der Waals surface area contributed by atoms with Gasteiger partial charge in [-0.05, 0) is 12.0 Å². The van der Waals surface area contributed by atoms with E-state index in [1.165, 1.54) is 0 Å². The SMILES string of the molecule is CCCC(CC(=O)OCc1ccccc1)C(O)C(=O)O. The molecule has 0 fully saturated rings. The second kappa shape index (κ2) is 8.32. The largest absolute Gasteiger partial charge is 0.479 e. The van der Waals surface area contributed by atoms with Crippen molar-refractivity contribution in [1.29, 1.82) is 0 Å². The van der Waals surface area contributed by atoms with Gasteiger partial charge in [0.15, 0.2) is 6.10 Å². The second-order valence-corrected chi connectivity index (χ2v) is 4.68. The Hall–Kier alpha value is -1.88. The highest BCUT2D eigenvalue weighted by Gasteiger charge is 2.27. The third-order valence-electron chi connectivity index (χ3n) is 3.03. The molecule has 0 aromatic heterocycles. The van der Waals surface area contributed by atoms with Crippen LogP contribution in [0.25, 0.3) is 0 Å². The zero-order valence-corrected chi connectivity index (χ0v) is 11.5. The first kappa shape index (κ1) is 16.2. The minimum absolute atomic E-state index is 0.0891. The van der Waals surface area contributed by atoms with E-state index < -0.39 is 24.0 Å². The summed E-state index contributed by atoms with van der Waals surface area (Å²) in [4.78, 5) is 22.5. The maximum absolute atomic E-state index is 11.7. The lowest BCUT2D eigenvalue weighted by atomic mass is 9.93. The predicted octanol–water partition coefficient (Wildman–Crippen LogP) is 1.98. The van der Waals surface area contributed by atoms with Crippen LogP contribution in [0.1, 0.15) is 31.7 Å². The van der Waals surface area contributed by atoms with Gasteiger partial charge in [-0.15, -0.1) is 0 Å². The van der Waals surface area contributed by atoms with E-state index in [2.05, 4.69) is 0 Å². The molecule has 2 unspecified atom stereocenters. The average molecular weight is 280 g/mol. The predicted molar refractivity (Wildman–Crippen MR) is 72.9 cm³/mol. The van der Waals surface area contributed by atoms with E-state index >= 15 is 0 Å². The van der Waals surface area contributed by atoms with Gasteiger partial charge in [-0.1, -0.05) is 43.7 Å². The Morgan fingerprint density at radius 2 is 1.90 bits per heavy atom. The second-order valence-electron chi connectivity index (χ2n) is 4.68. The fraction of sp³-hybridized carbons (Fsp3) is 0.467. The Labute approximate surface area is 118 Å². The summed E-state index contributed by atoms with van der Waals surface area (Å²) in [6, 6.07) is 9.23. The average Bonchev–Trinajstić information content (AvgIpc) is 2.45. The van der Waals surface area contributed by atoms with Crippen LogP contribution in [0.2, 0.25) is 0 Å². The number of aliphatic hydroxyl groups excluding tert-OH is 1. The van der Waals surface area contributed by atoms with Crippen molar-refractivity contribution in [1.82, 2.24) is 0 Å². The van der Waals surface area contributed by atoms with Crippen LogP contribution in [-0.4, -0.2) is 28.3 Å². The highest BCUT2D eigenvalue weighted by molar-refractivity contribution is 5.75. The van der Waals surface area contributed by atoms with Crippen LogP contribution in [0.3, 0.4) is 0 Å². The van der Waals surface area contributed by atoms with Crippen molar-refractivity contribution in [2.24, 2.45) is 5.92 Å². The van der Waals surface area contributed by atoms with Gasteiger partial charge in [0.1, 0.15) is 6.61 Å². The molecule has 110 valence electrons. The number of hydrogen-bond acceptors (Lipinski definition) is 4. The summed E-state index contributed by atoms with van der Waals surface area (Å²) >= 11 is 0. The topological polar surface area (TPSA) is 83.8 Å². The fourth-order valence-electron chi connectivity index (χ4n) is 1.96. The Morgan fingerprint density at radius 3 is 2.45 bits per heavy atom. The third-order valence-corrected chi connectivity index (χ3v) is 3.03. The van der Waals surface area contributed by atoms with E-state index in [0.717, 1.165) is 5.56 Å². The van der Waals surface area contributed by atoms with Crippen LogP contribution in [0, 0.1) is 5.92 Å². The van der Waals surface area contributed by atoms with Gasteiger partial charge in [0.2, 0.25) is 0 Å². The molecule has 1 aromatic carbocycles. The van der Waals surface area contributed by atoms with E-state index in [-0.39, 0.29) is 13.0 Å². The maximum Gasteiger partial charge on any atom is 0.332 e. The minimum Gasteiger partial charge on any atom is -0.479 e. The van der Waals surface area contributed by atoms with Crippen molar-refractivity contribution in [2.75, 3.05) is 0 Å². The highest BCUT2D eigenvalue weighted by atomic mass is 16.5. The molecule has 0 saturated heterocycles. The van der Waals surface area contributed by atoms with Gasteiger partial charge in [-0.25, -0.2) is 4.79 Å². The Kier molecular flexibility index (Phi) is 6.73. The van der Waals surface area contributed by atoms with E-state index in [9.17, 15) is 14.7 Å². The number of carboxylic acids is 1. The van der Waals surface area contributed by atoms with E-state index in [1.807, 2.05) is 37.3 Å². The van der Waals surface area contributed by atoms with Crippen LogP contribution >= 0.6 is 0 Å². The Morgan fingerprint density at radius 1 is 1.25 bits per heavy atom. The molecule has 0 aliphatic heterocycles. The van der Waals surface area contributed by atoms with Crippen molar-refractivity contribution < 1.29 is 24.5 Å². The molecule has 1 rings (SSSR count). The van der Waals surface area contributed by atoms with Gasteiger partial charge < -0.3 is 14.9 Å². The van der Waals surface area contributed by atoms with E-state index in [4.69, 9.17) is 9.84 Å². The number of carbonyl (C=O) groups is 2. The molecular formula is C15H20O5. The monoisotopic (exact) mass is 280 g/mol. The van der Waals surface area contributed by atoms with Crippen molar-refractivity contribution in [3.63, 3.8) is 0 Å². The normalized spacial score (nSPS) is 13.5. The number of aliphatic hydroxyl groups is 1. The lowest BCUT2D eigenvalue weighted by Gasteiger charge is -2.18. The Bertz CT molecular complexity index is 429. The zero-order chi connectivity index (χ0) is 15.0. The van der Waals surface area contributed by atoms with E-state index in [1.54, 1.807) is 0 Å². The third kappa shape index (κ3) is 5.40. The molecule has 0 saturated carbocycles. The number of aliphatic carboxylic acids is 1. The van der Waals surface area contributed by atoms with Crippen LogP contribution in [0.15, 0.2) is 30.3 Å². The summed E-state index contributed by atoms with van der Waals surface area (Å²) in [5.74, 6) is -2.41. The summed E-state index contributed by atoms with van der Waals surface area (Å²) in [5, 5.41) is 18.3. The van der Waals surface area contributed by atoms with Crippen molar-refractivity contribution in [3.05, 3.63) is 35.9 Å². The van der Waals surface area contributed by atoms with Crippen molar-refractivity contribution >= 4 is 11.9 Å². The number of hydrogen-bond donors (Lipinski definition) is 2. The summed E-state index contributed by atoms with van der Waals surface area (Å²) < 4.78 is 5.09. The molecule has 0 aliphatic carbocycles. The molecule has 0 amide bonds. The standard InChI is InChI=1S/C15H20O5/c1-2-6-12(14(17)15(18)19)9-13(16)20-10-11-7-4-3-5-8-11/h3-5,7-8,12,14,17H,2,6,9-10H2,1H3,(H,18,19). The Balaban J connectivity index is 2.47. The zero-order valence-electron chi connectivity index (χ0n) is 11.5. The molecule has 1 aromatic rings. The molecular weight excluding hydrogens is 260 g/mol. The number of benzene rings is 1. The minimum atomic E-state index is -1.53. The highest BCUT2D eigenvalue weighted by Crippen LogP contribution is 2.17. The van der Waals surface area contributed by atoms with Crippen molar-refractivity contribution in [2.45, 2.75) is 38.9 Å². The van der Waals surface area contributed by atoms with Crippen LogP contribution in [-0.2, 0) is 20.9 Å². The molecule has 0 spiro atoms. The molecule has 2 atom stereocenters. The molecule has 0 radical (unpaired) electrons. The number of carbonyl (C=O) groups excluding carboxylic acids is 1. The molecule has 5 nitrogen and oxygen atoms in total. The van der Waals surface area contributed by atoms with Gasteiger partial charge in [-0.3, -0.25) is 4.79 Å².